The minimum absolute atomic E-state index is 0.123. The molecule has 0 bridgehead atoms. The van der Waals surface area contributed by atoms with Crippen molar-refractivity contribution < 1.29 is 4.79 Å². The molecule has 0 spiro atoms. The van der Waals surface area contributed by atoms with Crippen molar-refractivity contribution in [1.29, 1.82) is 0 Å². The van der Waals surface area contributed by atoms with Gasteiger partial charge in [0.15, 0.2) is 11.5 Å². The van der Waals surface area contributed by atoms with Gasteiger partial charge >= 0.3 is 0 Å². The molecule has 0 saturated heterocycles. The fourth-order valence-electron chi connectivity index (χ4n) is 4.13. The van der Waals surface area contributed by atoms with Crippen molar-refractivity contribution in [3.05, 3.63) is 30.2 Å². The Morgan fingerprint density at radius 1 is 1.35 bits per heavy atom. The van der Waals surface area contributed by atoms with Crippen LogP contribution < -0.4 is 0 Å². The summed E-state index contributed by atoms with van der Waals surface area (Å²) in [4.78, 5) is 14.7. The quantitative estimate of drug-likeness (QED) is 0.874. The maximum absolute atomic E-state index is 12.9. The van der Waals surface area contributed by atoms with Crippen LogP contribution in [0, 0.1) is 17.3 Å². The molecule has 5 nitrogen and oxygen atoms in total. The monoisotopic (exact) mass is 314 g/mol. The van der Waals surface area contributed by atoms with E-state index in [1.807, 2.05) is 40.7 Å². The van der Waals surface area contributed by atoms with Gasteiger partial charge < -0.3 is 4.90 Å². The number of rotatable bonds is 3. The van der Waals surface area contributed by atoms with E-state index in [9.17, 15) is 4.79 Å². The number of carbonyl (C=O) groups is 1. The van der Waals surface area contributed by atoms with Gasteiger partial charge in [-0.2, -0.15) is 0 Å². The van der Waals surface area contributed by atoms with Gasteiger partial charge in [-0.05, 0) is 42.7 Å². The van der Waals surface area contributed by atoms with Gasteiger partial charge in [-0.1, -0.05) is 26.8 Å². The summed E-state index contributed by atoms with van der Waals surface area (Å²) < 4.78 is 1.94. The van der Waals surface area contributed by atoms with Crippen molar-refractivity contribution in [1.82, 2.24) is 19.5 Å². The van der Waals surface area contributed by atoms with Crippen molar-refractivity contribution in [2.45, 2.75) is 46.6 Å². The lowest BCUT2D eigenvalue weighted by molar-refractivity contribution is -0.138. The Kier molecular flexibility index (Phi) is 4.13. The predicted molar refractivity (Wildman–Crippen MR) is 89.7 cm³/mol. The third-order valence-electron chi connectivity index (χ3n) is 4.88. The molecule has 1 amide bonds. The van der Waals surface area contributed by atoms with Gasteiger partial charge in [-0.25, -0.2) is 0 Å². The number of pyridine rings is 1. The molecule has 1 aliphatic rings. The molecule has 0 aliphatic heterocycles. The average molecular weight is 314 g/mol. The van der Waals surface area contributed by atoms with Gasteiger partial charge in [0.25, 0.3) is 0 Å². The highest BCUT2D eigenvalue weighted by Crippen LogP contribution is 2.42. The fraction of sp³-hybridized carbons (Fsp3) is 0.611. The Morgan fingerprint density at radius 2 is 2.13 bits per heavy atom. The average Bonchev–Trinajstić information content (AvgIpc) is 2.87. The van der Waals surface area contributed by atoms with Gasteiger partial charge in [0.2, 0.25) is 5.91 Å². The van der Waals surface area contributed by atoms with Crippen LogP contribution in [0.5, 0.6) is 0 Å². The lowest BCUT2D eigenvalue weighted by Crippen LogP contribution is -2.39. The molecule has 2 atom stereocenters. The number of amides is 1. The van der Waals surface area contributed by atoms with E-state index in [1.165, 1.54) is 6.42 Å². The zero-order valence-corrected chi connectivity index (χ0v) is 14.5. The second-order valence-corrected chi connectivity index (χ2v) is 7.85. The number of nitrogens with zero attached hydrogens (tertiary/aromatic N) is 4. The highest BCUT2D eigenvalue weighted by atomic mass is 16.2. The molecular formula is C18H26N4O. The summed E-state index contributed by atoms with van der Waals surface area (Å²) in [7, 11) is 1.87. The summed E-state index contributed by atoms with van der Waals surface area (Å²) in [6.07, 6.45) is 5.11. The van der Waals surface area contributed by atoms with Crippen LogP contribution in [0.4, 0.5) is 0 Å². The van der Waals surface area contributed by atoms with Gasteiger partial charge in [-0.3, -0.25) is 9.20 Å². The first-order chi connectivity index (χ1) is 10.9. The lowest BCUT2D eigenvalue weighted by Gasteiger charge is -2.39. The Balaban J connectivity index is 1.72. The largest absolute Gasteiger partial charge is 0.338 e. The van der Waals surface area contributed by atoms with E-state index < -0.39 is 0 Å². The number of fused-ring (bicyclic) bond motifs is 1. The fourth-order valence-corrected chi connectivity index (χ4v) is 4.13. The van der Waals surface area contributed by atoms with E-state index in [0.29, 0.717) is 12.5 Å². The van der Waals surface area contributed by atoms with Crippen LogP contribution in [-0.4, -0.2) is 32.5 Å². The lowest BCUT2D eigenvalue weighted by atomic mass is 9.68. The topological polar surface area (TPSA) is 50.5 Å². The van der Waals surface area contributed by atoms with E-state index in [-0.39, 0.29) is 17.2 Å². The summed E-state index contributed by atoms with van der Waals surface area (Å²) in [5, 5.41) is 8.38. The predicted octanol–water partition coefficient (Wildman–Crippen LogP) is 3.15. The van der Waals surface area contributed by atoms with Crippen molar-refractivity contribution in [3.8, 4) is 0 Å². The molecule has 0 aromatic carbocycles. The molecule has 0 N–H and O–H groups in total. The van der Waals surface area contributed by atoms with Crippen molar-refractivity contribution in [2.75, 3.05) is 7.05 Å². The van der Waals surface area contributed by atoms with E-state index in [1.54, 1.807) is 0 Å². The zero-order chi connectivity index (χ0) is 16.6. The molecule has 0 radical (unpaired) electrons. The van der Waals surface area contributed by atoms with E-state index in [4.69, 9.17) is 0 Å². The van der Waals surface area contributed by atoms with E-state index in [2.05, 4.69) is 31.0 Å². The summed E-state index contributed by atoms with van der Waals surface area (Å²) in [6.45, 7) is 7.30. The molecule has 1 fully saturated rings. The zero-order valence-electron chi connectivity index (χ0n) is 14.5. The summed E-state index contributed by atoms with van der Waals surface area (Å²) in [6, 6.07) is 5.81. The van der Waals surface area contributed by atoms with Crippen LogP contribution in [0.1, 0.15) is 45.9 Å². The van der Waals surface area contributed by atoms with E-state index in [0.717, 1.165) is 24.3 Å². The maximum atomic E-state index is 12.9. The van der Waals surface area contributed by atoms with Crippen LogP contribution >= 0.6 is 0 Å². The van der Waals surface area contributed by atoms with Crippen LogP contribution in [-0.2, 0) is 11.3 Å². The molecule has 1 saturated carbocycles. The first-order valence-corrected chi connectivity index (χ1v) is 8.39. The molecule has 124 valence electrons. The van der Waals surface area contributed by atoms with Crippen molar-refractivity contribution in [3.63, 3.8) is 0 Å². The SMILES string of the molecule is CC1CC(C(=O)N(C)Cc2nnc3ccccn23)CC(C)(C)C1. The van der Waals surface area contributed by atoms with E-state index >= 15 is 0 Å². The molecule has 2 aromatic rings. The molecule has 2 aromatic heterocycles. The Hall–Kier alpha value is -1.91. The first kappa shape index (κ1) is 16.0. The molecule has 2 unspecified atom stereocenters. The standard InChI is InChI=1S/C18H26N4O/c1-13-9-14(11-18(2,3)10-13)17(23)21(4)12-16-20-19-15-7-5-6-8-22(15)16/h5-8,13-14H,9-12H2,1-4H3. The molecule has 3 rings (SSSR count). The number of carbonyl (C=O) groups excluding carboxylic acids is 1. The first-order valence-electron chi connectivity index (χ1n) is 8.39. The molecule has 2 heterocycles. The molecule has 5 heteroatoms. The van der Waals surface area contributed by atoms with Crippen LogP contribution in [0.15, 0.2) is 24.4 Å². The second kappa shape index (κ2) is 5.95. The van der Waals surface area contributed by atoms with Crippen molar-refractivity contribution >= 4 is 11.6 Å². The molecule has 23 heavy (non-hydrogen) atoms. The highest BCUT2D eigenvalue weighted by molar-refractivity contribution is 5.78. The third-order valence-corrected chi connectivity index (χ3v) is 4.88. The Morgan fingerprint density at radius 3 is 2.87 bits per heavy atom. The normalized spacial score (nSPS) is 23.8. The summed E-state index contributed by atoms with van der Waals surface area (Å²) >= 11 is 0. The summed E-state index contributed by atoms with van der Waals surface area (Å²) in [5.41, 5.74) is 1.07. The Bertz CT molecular complexity index is 706. The van der Waals surface area contributed by atoms with Crippen LogP contribution in [0.2, 0.25) is 0 Å². The number of hydrogen-bond acceptors (Lipinski definition) is 3. The van der Waals surface area contributed by atoms with Crippen LogP contribution in [0.3, 0.4) is 0 Å². The number of hydrogen-bond donors (Lipinski definition) is 0. The van der Waals surface area contributed by atoms with Gasteiger partial charge in [0.1, 0.15) is 0 Å². The summed E-state index contributed by atoms with van der Waals surface area (Å²) in [5.74, 6) is 1.77. The minimum Gasteiger partial charge on any atom is -0.338 e. The van der Waals surface area contributed by atoms with Crippen molar-refractivity contribution in [2.24, 2.45) is 17.3 Å². The minimum atomic E-state index is 0.123. The van der Waals surface area contributed by atoms with Gasteiger partial charge in [-0.15, -0.1) is 10.2 Å². The molecule has 1 aliphatic carbocycles. The van der Waals surface area contributed by atoms with Gasteiger partial charge in [0, 0.05) is 19.2 Å². The highest BCUT2D eigenvalue weighted by Gasteiger charge is 2.36. The Labute approximate surface area is 137 Å². The number of aromatic nitrogens is 3. The van der Waals surface area contributed by atoms with Gasteiger partial charge in [0.05, 0.1) is 6.54 Å². The molecular weight excluding hydrogens is 288 g/mol. The third kappa shape index (κ3) is 3.38. The maximum Gasteiger partial charge on any atom is 0.225 e. The smallest absolute Gasteiger partial charge is 0.225 e. The van der Waals surface area contributed by atoms with Crippen LogP contribution in [0.25, 0.3) is 5.65 Å². The second-order valence-electron chi connectivity index (χ2n) is 7.85.